The van der Waals surface area contributed by atoms with Crippen molar-refractivity contribution in [3.05, 3.63) is 0 Å². The highest BCUT2D eigenvalue weighted by Gasteiger charge is 2.38. The molecule has 0 bridgehead atoms. The van der Waals surface area contributed by atoms with E-state index in [1.165, 1.54) is 26.2 Å². The lowest BCUT2D eigenvalue weighted by Gasteiger charge is -2.43. The summed E-state index contributed by atoms with van der Waals surface area (Å²) in [7, 11) is 0. The highest BCUT2D eigenvalue weighted by atomic mass is 32.2. The lowest BCUT2D eigenvalue weighted by Crippen LogP contribution is -2.44. The summed E-state index contributed by atoms with van der Waals surface area (Å²) in [5.74, 6) is -0.828. The number of hydrogen-bond acceptors (Lipinski definition) is 4. The maximum absolute atomic E-state index is 11.2. The molecule has 120 valence electrons. The summed E-state index contributed by atoms with van der Waals surface area (Å²) >= 11 is 1.67. The molecule has 0 aromatic heterocycles. The minimum Gasteiger partial charge on any atom is -0.480 e. The second kappa shape index (κ2) is 7.49. The zero-order valence-corrected chi connectivity index (χ0v) is 13.4. The predicted octanol–water partition coefficient (Wildman–Crippen LogP) is 2.19. The van der Waals surface area contributed by atoms with Gasteiger partial charge in [0.2, 0.25) is 5.91 Å². The van der Waals surface area contributed by atoms with Crippen LogP contribution in [0.2, 0.25) is 0 Å². The average molecular weight is 315 g/mol. The van der Waals surface area contributed by atoms with Gasteiger partial charge in [-0.05, 0) is 25.7 Å². The smallest absolute Gasteiger partial charge is 0.327 e. The molecular weight excluding hydrogens is 290 g/mol. The van der Waals surface area contributed by atoms with Crippen LogP contribution in [0.4, 0.5) is 0 Å². The third kappa shape index (κ3) is 4.88. The van der Waals surface area contributed by atoms with Crippen LogP contribution in [0.1, 0.15) is 51.9 Å². The fraction of sp³-hybridized carbons (Fsp3) is 0.867. The Labute approximate surface area is 130 Å². The molecule has 2 fully saturated rings. The maximum Gasteiger partial charge on any atom is 0.327 e. The van der Waals surface area contributed by atoms with E-state index in [2.05, 4.69) is 5.32 Å². The van der Waals surface area contributed by atoms with Crippen LogP contribution in [0.25, 0.3) is 0 Å². The highest BCUT2D eigenvalue weighted by Crippen LogP contribution is 2.41. The summed E-state index contributed by atoms with van der Waals surface area (Å²) in [6.45, 7) is 2.13. The van der Waals surface area contributed by atoms with E-state index in [9.17, 15) is 9.59 Å². The van der Waals surface area contributed by atoms with Crippen molar-refractivity contribution >= 4 is 23.6 Å². The molecule has 1 saturated heterocycles. The van der Waals surface area contributed by atoms with Gasteiger partial charge in [0, 0.05) is 24.5 Å². The van der Waals surface area contributed by atoms with Crippen LogP contribution in [-0.2, 0) is 14.3 Å². The monoisotopic (exact) mass is 315 g/mol. The van der Waals surface area contributed by atoms with Gasteiger partial charge in [-0.15, -0.1) is 0 Å². The van der Waals surface area contributed by atoms with Gasteiger partial charge in [-0.3, -0.25) is 4.79 Å². The Morgan fingerprint density at radius 1 is 1.38 bits per heavy atom. The van der Waals surface area contributed by atoms with Gasteiger partial charge in [0.05, 0.1) is 5.60 Å². The number of ether oxygens (including phenoxy) is 1. The second-order valence-electron chi connectivity index (χ2n) is 6.13. The van der Waals surface area contributed by atoms with Gasteiger partial charge in [0.1, 0.15) is 6.04 Å². The molecule has 1 aliphatic heterocycles. The van der Waals surface area contributed by atoms with E-state index >= 15 is 0 Å². The van der Waals surface area contributed by atoms with Gasteiger partial charge in [-0.1, -0.05) is 19.3 Å². The standard InChI is InChI=1S/C15H25NO4S/c1-11(17)16-13(14(18)19)10-21-12-5-8-20-15(9-12)6-3-2-4-7-15/h12-13H,2-10H2,1H3,(H,16,17)(H,18,19). The average Bonchev–Trinajstić information content (AvgIpc) is 2.44. The first-order chi connectivity index (χ1) is 10.0. The quantitative estimate of drug-likeness (QED) is 0.813. The van der Waals surface area contributed by atoms with E-state index < -0.39 is 12.0 Å². The van der Waals surface area contributed by atoms with E-state index in [1.54, 1.807) is 11.8 Å². The van der Waals surface area contributed by atoms with Crippen molar-refractivity contribution in [2.24, 2.45) is 0 Å². The van der Waals surface area contributed by atoms with Crippen LogP contribution in [0, 0.1) is 0 Å². The second-order valence-corrected chi connectivity index (χ2v) is 7.46. The van der Waals surface area contributed by atoms with Crippen molar-refractivity contribution in [1.82, 2.24) is 5.32 Å². The number of aliphatic carboxylic acids is 1. The molecule has 1 heterocycles. The Morgan fingerprint density at radius 2 is 2.10 bits per heavy atom. The van der Waals surface area contributed by atoms with Crippen LogP contribution in [0.3, 0.4) is 0 Å². The number of carboxylic acid groups (broad SMARTS) is 1. The SMILES string of the molecule is CC(=O)NC(CSC1CCOC2(CCCCC2)C1)C(=O)O. The fourth-order valence-corrected chi connectivity index (χ4v) is 4.70. The van der Waals surface area contributed by atoms with Crippen molar-refractivity contribution in [3.8, 4) is 0 Å². The van der Waals surface area contributed by atoms with E-state index in [0.717, 1.165) is 32.3 Å². The molecule has 2 N–H and O–H groups in total. The van der Waals surface area contributed by atoms with Gasteiger partial charge < -0.3 is 15.2 Å². The van der Waals surface area contributed by atoms with Gasteiger partial charge in [-0.25, -0.2) is 4.79 Å². The van der Waals surface area contributed by atoms with Crippen LogP contribution >= 0.6 is 11.8 Å². The Hall–Kier alpha value is -0.750. The number of carbonyl (C=O) groups excluding carboxylic acids is 1. The van der Waals surface area contributed by atoms with Crippen molar-refractivity contribution in [2.75, 3.05) is 12.4 Å². The van der Waals surface area contributed by atoms with E-state index in [-0.39, 0.29) is 11.5 Å². The van der Waals surface area contributed by atoms with E-state index in [0.29, 0.717) is 11.0 Å². The minimum absolute atomic E-state index is 0.0426. The number of rotatable bonds is 5. The fourth-order valence-electron chi connectivity index (χ4n) is 3.32. The lowest BCUT2D eigenvalue weighted by molar-refractivity contribution is -0.140. The van der Waals surface area contributed by atoms with Crippen LogP contribution < -0.4 is 5.32 Å². The highest BCUT2D eigenvalue weighted by molar-refractivity contribution is 8.00. The molecule has 1 aliphatic carbocycles. The summed E-state index contributed by atoms with van der Waals surface area (Å²) in [6, 6.07) is -0.794. The van der Waals surface area contributed by atoms with Crippen LogP contribution in [-0.4, -0.2) is 46.2 Å². The molecule has 1 saturated carbocycles. The predicted molar refractivity (Wildman–Crippen MR) is 82.5 cm³/mol. The Bertz CT molecular complexity index is 376. The molecule has 21 heavy (non-hydrogen) atoms. The number of carboxylic acids is 1. The first kappa shape index (κ1) is 16.6. The largest absolute Gasteiger partial charge is 0.480 e. The first-order valence-corrected chi connectivity index (χ1v) is 8.81. The van der Waals surface area contributed by atoms with Crippen molar-refractivity contribution in [1.29, 1.82) is 0 Å². The Morgan fingerprint density at radius 3 is 2.71 bits per heavy atom. The molecular formula is C15H25NO4S. The minimum atomic E-state index is -0.961. The van der Waals surface area contributed by atoms with Gasteiger partial charge >= 0.3 is 5.97 Å². The number of thioether (sulfide) groups is 1. The van der Waals surface area contributed by atoms with E-state index in [4.69, 9.17) is 9.84 Å². The molecule has 2 rings (SSSR count). The molecule has 2 aliphatic rings. The molecule has 6 heteroatoms. The van der Waals surface area contributed by atoms with Crippen molar-refractivity contribution < 1.29 is 19.4 Å². The first-order valence-electron chi connectivity index (χ1n) is 7.76. The van der Waals surface area contributed by atoms with Crippen molar-refractivity contribution in [3.63, 3.8) is 0 Å². The van der Waals surface area contributed by atoms with Crippen LogP contribution in [0.5, 0.6) is 0 Å². The molecule has 1 spiro atoms. The van der Waals surface area contributed by atoms with Crippen LogP contribution in [0.15, 0.2) is 0 Å². The van der Waals surface area contributed by atoms with Gasteiger partial charge in [-0.2, -0.15) is 11.8 Å². The summed E-state index contributed by atoms with van der Waals surface area (Å²) in [5, 5.41) is 12.1. The third-order valence-electron chi connectivity index (χ3n) is 4.39. The number of hydrogen-bond donors (Lipinski definition) is 2. The Balaban J connectivity index is 1.84. The summed E-state index contributed by atoms with van der Waals surface area (Å²) in [6.07, 6.45) is 8.04. The molecule has 5 nitrogen and oxygen atoms in total. The summed E-state index contributed by atoms with van der Waals surface area (Å²) < 4.78 is 6.06. The molecule has 0 radical (unpaired) electrons. The molecule has 1 amide bonds. The molecule has 0 aromatic carbocycles. The summed E-state index contributed by atoms with van der Waals surface area (Å²) in [4.78, 5) is 22.2. The number of nitrogens with one attached hydrogen (secondary N) is 1. The zero-order chi connectivity index (χ0) is 15.3. The topological polar surface area (TPSA) is 75.6 Å². The number of carbonyl (C=O) groups is 2. The Kier molecular flexibility index (Phi) is 5.93. The maximum atomic E-state index is 11.2. The normalized spacial score (nSPS) is 26.2. The van der Waals surface area contributed by atoms with E-state index in [1.807, 2.05) is 0 Å². The third-order valence-corrected chi connectivity index (χ3v) is 5.79. The molecule has 0 aromatic rings. The lowest BCUT2D eigenvalue weighted by atomic mass is 9.80. The number of amides is 1. The zero-order valence-electron chi connectivity index (χ0n) is 12.6. The summed E-state index contributed by atoms with van der Waals surface area (Å²) in [5.41, 5.74) is 0.0426. The van der Waals surface area contributed by atoms with Gasteiger partial charge in [0.15, 0.2) is 0 Å². The van der Waals surface area contributed by atoms with Gasteiger partial charge in [0.25, 0.3) is 0 Å². The molecule has 2 unspecified atom stereocenters. The van der Waals surface area contributed by atoms with Crippen molar-refractivity contribution in [2.45, 2.75) is 68.8 Å². The molecule has 2 atom stereocenters.